The first-order valence-electron chi connectivity index (χ1n) is 32.6. The summed E-state index contributed by atoms with van der Waals surface area (Å²) in [7, 11) is 0. The molecule has 0 amide bonds. The summed E-state index contributed by atoms with van der Waals surface area (Å²) in [4.78, 5) is 18.9. The smallest absolute Gasteiger partial charge is 0.260 e. The summed E-state index contributed by atoms with van der Waals surface area (Å²) in [5.74, 6) is -6.32. The van der Waals surface area contributed by atoms with E-state index in [-0.39, 0.29) is 42.0 Å². The molecule has 5 nitrogen and oxygen atoms in total. The van der Waals surface area contributed by atoms with Gasteiger partial charge in [-0.1, -0.05) is 210 Å². The maximum absolute atomic E-state index is 16.9. The van der Waals surface area contributed by atoms with Crippen LogP contribution in [0.15, 0.2) is 231 Å². The van der Waals surface area contributed by atoms with E-state index >= 15 is 8.78 Å². The van der Waals surface area contributed by atoms with Crippen LogP contribution in [-0.4, -0.2) is 36.1 Å². The summed E-state index contributed by atoms with van der Waals surface area (Å²) in [6.45, 7) is 13.6. The molecule has 11 heteroatoms. The number of alkyl halides is 2. The van der Waals surface area contributed by atoms with Crippen molar-refractivity contribution < 1.29 is 41.3 Å². The highest BCUT2D eigenvalue weighted by molar-refractivity contribution is 7.15. The van der Waals surface area contributed by atoms with Gasteiger partial charge < -0.3 is 18.9 Å². The van der Waals surface area contributed by atoms with Crippen LogP contribution in [0.4, 0.5) is 17.6 Å². The van der Waals surface area contributed by atoms with E-state index in [4.69, 9.17) is 18.9 Å². The van der Waals surface area contributed by atoms with Gasteiger partial charge in [-0.2, -0.15) is 0 Å². The fraction of sp³-hybridized carbons (Fsp3) is 0.305. The number of ketones is 1. The number of ether oxygens (including phenoxy) is 4. The maximum atomic E-state index is 16.9. The minimum absolute atomic E-state index is 0.0131. The predicted molar refractivity (Wildman–Crippen MR) is 369 cm³/mol. The van der Waals surface area contributed by atoms with E-state index in [1.54, 1.807) is 34.8 Å². The lowest BCUT2D eigenvalue weighted by atomic mass is 9.65. The largest absolute Gasteiger partial charge is 0.371 e. The Morgan fingerprint density at radius 3 is 1.24 bits per heavy atom. The number of carbonyl (C=O) groups is 1. The highest BCUT2D eigenvalue weighted by Gasteiger charge is 2.61. The monoisotopic (exact) mass is 1290 g/mol. The molecule has 1 unspecified atom stereocenters. The summed E-state index contributed by atoms with van der Waals surface area (Å²) >= 11 is 3.36. The average molecular weight is 1290 g/mol. The molecule has 0 aliphatic heterocycles. The normalized spacial score (nSPS) is 21.8. The van der Waals surface area contributed by atoms with Crippen molar-refractivity contribution in [3.05, 3.63) is 308 Å². The van der Waals surface area contributed by atoms with E-state index in [0.717, 1.165) is 77.5 Å². The third-order valence-electron chi connectivity index (χ3n) is 19.0. The Bertz CT molecular complexity index is 3990. The lowest BCUT2D eigenvalue weighted by Crippen LogP contribution is -2.58. The van der Waals surface area contributed by atoms with E-state index in [1.165, 1.54) is 40.3 Å². The van der Waals surface area contributed by atoms with Crippen molar-refractivity contribution in [3.8, 4) is 20.9 Å². The number of benzene rings is 8. The van der Waals surface area contributed by atoms with Gasteiger partial charge in [0.05, 0.1) is 62.7 Å². The van der Waals surface area contributed by atoms with E-state index < -0.39 is 47.9 Å². The fourth-order valence-electron chi connectivity index (χ4n) is 13.8. The van der Waals surface area contributed by atoms with E-state index in [2.05, 4.69) is 81.4 Å². The Balaban J connectivity index is 0.000000190. The zero-order valence-electron chi connectivity index (χ0n) is 53.7. The summed E-state index contributed by atoms with van der Waals surface area (Å²) < 4.78 is 87.4. The lowest BCUT2D eigenvalue weighted by molar-refractivity contribution is -0.231. The van der Waals surface area contributed by atoms with Crippen LogP contribution in [0, 0.1) is 49.2 Å². The van der Waals surface area contributed by atoms with Crippen LogP contribution in [0.2, 0.25) is 0 Å². The van der Waals surface area contributed by atoms with Crippen molar-refractivity contribution in [3.63, 3.8) is 0 Å². The molecule has 0 radical (unpaired) electrons. The molecule has 2 fully saturated rings. The van der Waals surface area contributed by atoms with Crippen LogP contribution in [0.25, 0.3) is 20.9 Å². The zero-order valence-corrected chi connectivity index (χ0v) is 55.4. The third kappa shape index (κ3) is 16.1. The van der Waals surface area contributed by atoms with Crippen LogP contribution in [0.1, 0.15) is 118 Å². The van der Waals surface area contributed by atoms with E-state index in [0.29, 0.717) is 38.2 Å². The van der Waals surface area contributed by atoms with Gasteiger partial charge in [0.1, 0.15) is 17.4 Å². The summed E-state index contributed by atoms with van der Waals surface area (Å²) in [5, 5.41) is 0. The average Bonchev–Trinajstić information content (AvgIpc) is 1.20. The summed E-state index contributed by atoms with van der Waals surface area (Å²) in [5.41, 5.74) is 12.0. The lowest BCUT2D eigenvalue weighted by Gasteiger charge is -2.50. The van der Waals surface area contributed by atoms with Crippen LogP contribution in [0.3, 0.4) is 0 Å². The first-order valence-corrected chi connectivity index (χ1v) is 34.2. The second kappa shape index (κ2) is 31.1. The Labute approximate surface area is 554 Å². The number of hydrogen-bond donors (Lipinski definition) is 0. The molecular formula is C82H82F4O5S2. The SMILES string of the molecule is CC[C@@H]1[C@@H](C)[C@H](OCc2ccccc2)[C@@H](OCc2ccccc2)[C@H](c2ccc(C)c(Cc3ccc(-c4ccc(F)cc4)s3)c2)C1(F)F.CC[C@H]1C(=O)C(c2ccc(C)c(Cc3ccc(-c4ccc(F)cc4)s3)c2)[C@H](OCc2ccccc2)[C@@H](OCc2ccccc2)[C@@H]1C. The molecule has 2 aliphatic carbocycles. The number of carbonyl (C=O) groups excluding carboxylic acids is 1. The number of thiophene rings is 2. The molecular weight excluding hydrogens is 1210 g/mol. The number of rotatable bonds is 22. The second-order valence-electron chi connectivity index (χ2n) is 25.1. The molecule has 2 aliphatic rings. The molecule has 10 aromatic rings. The van der Waals surface area contributed by atoms with Crippen molar-refractivity contribution in [1.82, 2.24) is 0 Å². The Hall–Kier alpha value is -7.61. The molecule has 93 heavy (non-hydrogen) atoms. The summed E-state index contributed by atoms with van der Waals surface area (Å²) in [6.07, 6.45) is 0.371. The molecule has 0 saturated heterocycles. The fourth-order valence-corrected chi connectivity index (χ4v) is 15.9. The molecule has 2 aromatic heterocycles. The number of halogens is 4. The quantitative estimate of drug-likeness (QED) is 0.0633. The number of aryl methyl sites for hydroxylation is 2. The standard InChI is InChI=1S/C41H41F3O2S.C41H41FO3S/c1-4-36-28(3)39(45-25-29-11-7-5-8-12-29)40(46-26-30-13-9-6-10-14-30)38(41(36,43)44)32-16-15-27(2)33(23-32)24-35-21-22-37(47-35)31-17-19-34(42)20-18-31;1-4-36-28(3)40(44-25-29-11-7-5-8-12-29)41(45-26-30-13-9-6-10-14-30)38(39(36)43)32-16-15-27(2)33(23-32)24-35-21-22-37(46-35)31-17-19-34(42)20-18-31/h5-23,28,36,38-40H,4,24-26H2,1-3H3;5-23,28,36,38,40-41H,4,24-26H2,1-3H3/t28-,36-,38+,39+,40+;28-,36-,38?,40+,41+/m11/s1. The third-order valence-corrected chi connectivity index (χ3v) is 21.3. The summed E-state index contributed by atoms with van der Waals surface area (Å²) in [6, 6.07) is 73.7. The van der Waals surface area contributed by atoms with Crippen LogP contribution >= 0.6 is 22.7 Å². The van der Waals surface area contributed by atoms with Gasteiger partial charge in [0.15, 0.2) is 0 Å². The van der Waals surface area contributed by atoms with Gasteiger partial charge in [-0.15, -0.1) is 22.7 Å². The van der Waals surface area contributed by atoms with Crippen molar-refractivity contribution in [2.45, 2.75) is 136 Å². The molecule has 8 aromatic carbocycles. The van der Waals surface area contributed by atoms with Gasteiger partial charge in [0.2, 0.25) is 0 Å². The van der Waals surface area contributed by atoms with Gasteiger partial charge in [-0.3, -0.25) is 4.79 Å². The zero-order chi connectivity index (χ0) is 65.0. The van der Waals surface area contributed by atoms with Crippen molar-refractivity contribution in [1.29, 1.82) is 0 Å². The Morgan fingerprint density at radius 1 is 0.430 bits per heavy atom. The topological polar surface area (TPSA) is 54.0 Å². The first kappa shape index (κ1) is 66.8. The minimum atomic E-state index is -3.02. The van der Waals surface area contributed by atoms with Gasteiger partial charge in [0.25, 0.3) is 5.92 Å². The molecule has 480 valence electrons. The van der Waals surface area contributed by atoms with Crippen LogP contribution in [-0.2, 0) is 63.0 Å². The molecule has 12 rings (SSSR count). The van der Waals surface area contributed by atoms with Crippen molar-refractivity contribution in [2.24, 2.45) is 23.7 Å². The second-order valence-corrected chi connectivity index (χ2v) is 27.4. The molecule has 2 saturated carbocycles. The molecule has 10 atom stereocenters. The number of hydrogen-bond acceptors (Lipinski definition) is 7. The van der Waals surface area contributed by atoms with Gasteiger partial charge in [0, 0.05) is 44.2 Å². The van der Waals surface area contributed by atoms with E-state index in [9.17, 15) is 13.6 Å². The highest BCUT2D eigenvalue weighted by atomic mass is 32.1. The Morgan fingerprint density at radius 2 is 0.817 bits per heavy atom. The van der Waals surface area contributed by atoms with Crippen LogP contribution < -0.4 is 0 Å². The molecule has 0 N–H and O–H groups in total. The van der Waals surface area contributed by atoms with Crippen molar-refractivity contribution in [2.75, 3.05) is 0 Å². The minimum Gasteiger partial charge on any atom is -0.371 e. The Kier molecular flexibility index (Phi) is 22.3. The van der Waals surface area contributed by atoms with Gasteiger partial charge in [-0.05, 0) is 154 Å². The van der Waals surface area contributed by atoms with Crippen LogP contribution in [0.5, 0.6) is 0 Å². The predicted octanol–water partition coefficient (Wildman–Crippen LogP) is 21.0. The first-order chi connectivity index (χ1) is 45.1. The molecule has 2 heterocycles. The highest BCUT2D eigenvalue weighted by Crippen LogP contribution is 2.54. The van der Waals surface area contributed by atoms with Gasteiger partial charge >= 0.3 is 0 Å². The van der Waals surface area contributed by atoms with Crippen molar-refractivity contribution >= 4 is 28.5 Å². The molecule has 0 bridgehead atoms. The maximum Gasteiger partial charge on any atom is 0.260 e. The van der Waals surface area contributed by atoms with E-state index in [1.807, 2.05) is 154 Å². The van der Waals surface area contributed by atoms with Gasteiger partial charge in [-0.25, -0.2) is 17.6 Å². The molecule has 0 spiro atoms. The number of Topliss-reactive ketones (excluding diaryl/α,β-unsaturated/α-hetero) is 1.